The van der Waals surface area contributed by atoms with Gasteiger partial charge in [0, 0.05) is 10.5 Å². The Kier molecular flexibility index (Phi) is 2.69. The van der Waals surface area contributed by atoms with Gasteiger partial charge in [0.05, 0.1) is 12.0 Å². The van der Waals surface area contributed by atoms with E-state index in [2.05, 4.69) is 15.9 Å². The fourth-order valence-corrected chi connectivity index (χ4v) is 2.62. The number of benzene rings is 2. The van der Waals surface area contributed by atoms with Crippen molar-refractivity contribution < 1.29 is 9.84 Å². The monoisotopic (exact) mass is 303 g/mol. The van der Waals surface area contributed by atoms with Gasteiger partial charge in [-0.1, -0.05) is 22.0 Å². The predicted molar refractivity (Wildman–Crippen MR) is 74.0 cm³/mol. The van der Waals surface area contributed by atoms with Crippen LogP contribution >= 0.6 is 15.9 Å². The molecule has 0 amide bonds. The molecule has 18 heavy (non-hydrogen) atoms. The zero-order valence-electron chi connectivity index (χ0n) is 9.43. The summed E-state index contributed by atoms with van der Waals surface area (Å²) in [5.74, 6) is 0. The maximum absolute atomic E-state index is 11.4. The summed E-state index contributed by atoms with van der Waals surface area (Å²) in [6, 6.07) is 9.54. The van der Waals surface area contributed by atoms with Crippen molar-refractivity contribution in [3.8, 4) is 0 Å². The van der Waals surface area contributed by atoms with Crippen LogP contribution in [0.4, 0.5) is 0 Å². The maximum atomic E-state index is 11.4. The average molecular weight is 304 g/mol. The number of fused-ring (bicyclic) bond motifs is 3. The first-order valence-corrected chi connectivity index (χ1v) is 6.33. The molecule has 2 aromatic carbocycles. The Morgan fingerprint density at radius 2 is 1.94 bits per heavy atom. The van der Waals surface area contributed by atoms with Crippen LogP contribution in [0.2, 0.25) is 0 Å². The zero-order chi connectivity index (χ0) is 12.7. The molecule has 3 nitrogen and oxygen atoms in total. The van der Waals surface area contributed by atoms with Gasteiger partial charge in [-0.05, 0) is 39.9 Å². The summed E-state index contributed by atoms with van der Waals surface area (Å²) >= 11 is 3.44. The van der Waals surface area contributed by atoms with E-state index in [-0.39, 0.29) is 6.61 Å². The molecule has 0 saturated heterocycles. The molecule has 0 aliphatic carbocycles. The molecule has 0 unspecified atom stereocenters. The molecular weight excluding hydrogens is 294 g/mol. The molecule has 0 radical (unpaired) electrons. The van der Waals surface area contributed by atoms with Crippen LogP contribution in [-0.2, 0) is 6.61 Å². The van der Waals surface area contributed by atoms with E-state index in [1.807, 2.05) is 24.3 Å². The van der Waals surface area contributed by atoms with Gasteiger partial charge in [-0.3, -0.25) is 0 Å². The SMILES string of the molecule is [O-][n+]1ccc2cc(CO)c3ccc(Br)cc3c2c1. The molecule has 0 aliphatic heterocycles. The minimum Gasteiger partial charge on any atom is -0.619 e. The Labute approximate surface area is 112 Å². The Bertz CT molecular complexity index is 755. The second kappa shape index (κ2) is 4.23. The smallest absolute Gasteiger partial charge is 0.188 e. The van der Waals surface area contributed by atoms with E-state index >= 15 is 0 Å². The summed E-state index contributed by atoms with van der Waals surface area (Å²) in [6.45, 7) is -0.0135. The van der Waals surface area contributed by atoms with Crippen molar-refractivity contribution in [2.24, 2.45) is 0 Å². The summed E-state index contributed by atoms with van der Waals surface area (Å²) < 4.78 is 1.74. The number of aliphatic hydroxyl groups is 1. The lowest BCUT2D eigenvalue weighted by Gasteiger charge is -2.08. The summed E-state index contributed by atoms with van der Waals surface area (Å²) in [7, 11) is 0. The highest BCUT2D eigenvalue weighted by molar-refractivity contribution is 9.10. The van der Waals surface area contributed by atoms with E-state index in [1.54, 1.807) is 12.3 Å². The quantitative estimate of drug-likeness (QED) is 0.427. The fraction of sp³-hybridized carbons (Fsp3) is 0.0714. The highest BCUT2D eigenvalue weighted by Crippen LogP contribution is 2.30. The zero-order valence-corrected chi connectivity index (χ0v) is 11.0. The molecule has 0 aliphatic rings. The molecule has 0 fully saturated rings. The van der Waals surface area contributed by atoms with E-state index in [0.29, 0.717) is 0 Å². The third-order valence-corrected chi connectivity index (χ3v) is 3.58. The first-order chi connectivity index (χ1) is 8.69. The molecule has 0 saturated carbocycles. The minimum absolute atomic E-state index is 0.0135. The number of aliphatic hydroxyl groups excluding tert-OH is 1. The molecule has 90 valence electrons. The lowest BCUT2D eigenvalue weighted by Crippen LogP contribution is -2.23. The highest BCUT2D eigenvalue weighted by Gasteiger charge is 2.09. The lowest BCUT2D eigenvalue weighted by molar-refractivity contribution is -0.603. The summed E-state index contributed by atoms with van der Waals surface area (Å²) in [5, 5.41) is 24.6. The molecule has 1 aromatic heterocycles. The number of nitrogens with zero attached hydrogens (tertiary/aromatic N) is 1. The van der Waals surface area contributed by atoms with Gasteiger partial charge >= 0.3 is 0 Å². The van der Waals surface area contributed by atoms with Gasteiger partial charge in [0.15, 0.2) is 12.4 Å². The van der Waals surface area contributed by atoms with Crippen LogP contribution in [0.3, 0.4) is 0 Å². The van der Waals surface area contributed by atoms with Crippen molar-refractivity contribution in [2.45, 2.75) is 6.61 Å². The second-order valence-electron chi connectivity index (χ2n) is 4.19. The second-order valence-corrected chi connectivity index (χ2v) is 5.11. The predicted octanol–water partition coefficient (Wildman–Crippen LogP) is 2.88. The lowest BCUT2D eigenvalue weighted by atomic mass is 9.99. The maximum Gasteiger partial charge on any atom is 0.188 e. The number of pyridine rings is 1. The summed E-state index contributed by atoms with van der Waals surface area (Å²) in [5.41, 5.74) is 0.869. The van der Waals surface area contributed by atoms with Gasteiger partial charge in [-0.25, -0.2) is 0 Å². The molecule has 1 N–H and O–H groups in total. The van der Waals surface area contributed by atoms with E-state index in [4.69, 9.17) is 0 Å². The third-order valence-electron chi connectivity index (χ3n) is 3.09. The topological polar surface area (TPSA) is 47.2 Å². The number of aromatic nitrogens is 1. The van der Waals surface area contributed by atoms with Crippen LogP contribution in [0, 0.1) is 5.21 Å². The normalized spacial score (nSPS) is 11.2. The molecule has 0 bridgehead atoms. The molecule has 3 rings (SSSR count). The molecule has 4 heteroatoms. The van der Waals surface area contributed by atoms with Crippen molar-refractivity contribution in [1.82, 2.24) is 0 Å². The van der Waals surface area contributed by atoms with Crippen molar-refractivity contribution >= 4 is 37.5 Å². The molecular formula is C14H10BrNO2. The van der Waals surface area contributed by atoms with Crippen LogP contribution < -0.4 is 4.73 Å². The molecule has 1 heterocycles. The number of hydrogen-bond donors (Lipinski definition) is 1. The Hall–Kier alpha value is -1.65. The van der Waals surface area contributed by atoms with E-state index in [0.717, 1.165) is 36.3 Å². The largest absolute Gasteiger partial charge is 0.619 e. The van der Waals surface area contributed by atoms with Gasteiger partial charge in [-0.15, -0.1) is 0 Å². The standard InChI is InChI=1S/C14H10BrNO2/c15-11-1-2-12-10(8-17)5-9-3-4-16(18)7-14(9)13(12)6-11/h1-7,17H,8H2. The summed E-state index contributed by atoms with van der Waals surface area (Å²) in [4.78, 5) is 0. The van der Waals surface area contributed by atoms with E-state index in [1.165, 1.54) is 6.20 Å². The van der Waals surface area contributed by atoms with Gasteiger partial charge in [0.1, 0.15) is 0 Å². The fourth-order valence-electron chi connectivity index (χ4n) is 2.25. The van der Waals surface area contributed by atoms with Crippen LogP contribution in [0.1, 0.15) is 5.56 Å². The van der Waals surface area contributed by atoms with Crippen molar-refractivity contribution in [3.63, 3.8) is 0 Å². The minimum atomic E-state index is -0.0135. The molecule has 0 spiro atoms. The number of rotatable bonds is 1. The van der Waals surface area contributed by atoms with Crippen molar-refractivity contribution in [2.75, 3.05) is 0 Å². The average Bonchev–Trinajstić information content (AvgIpc) is 2.38. The van der Waals surface area contributed by atoms with Crippen molar-refractivity contribution in [1.29, 1.82) is 0 Å². The van der Waals surface area contributed by atoms with Crippen LogP contribution in [0.5, 0.6) is 0 Å². The first kappa shape index (κ1) is 11.4. The third kappa shape index (κ3) is 1.74. The number of halogens is 1. The van der Waals surface area contributed by atoms with E-state index in [9.17, 15) is 10.3 Å². The first-order valence-electron chi connectivity index (χ1n) is 5.53. The summed E-state index contributed by atoms with van der Waals surface area (Å²) in [6.07, 6.45) is 3.03. The van der Waals surface area contributed by atoms with E-state index < -0.39 is 0 Å². The molecule has 3 aromatic rings. The van der Waals surface area contributed by atoms with Crippen LogP contribution in [-0.4, -0.2) is 5.11 Å². The highest BCUT2D eigenvalue weighted by atomic mass is 79.9. The van der Waals surface area contributed by atoms with Crippen LogP contribution in [0.15, 0.2) is 47.2 Å². The van der Waals surface area contributed by atoms with Gasteiger partial charge < -0.3 is 10.3 Å². The Morgan fingerprint density at radius 1 is 1.11 bits per heavy atom. The van der Waals surface area contributed by atoms with Gasteiger partial charge in [0.2, 0.25) is 0 Å². The van der Waals surface area contributed by atoms with Gasteiger partial charge in [0.25, 0.3) is 0 Å². The van der Waals surface area contributed by atoms with Crippen molar-refractivity contribution in [3.05, 3.63) is 58.0 Å². The number of hydrogen-bond acceptors (Lipinski definition) is 2. The van der Waals surface area contributed by atoms with Crippen LogP contribution in [0.25, 0.3) is 21.5 Å². The Balaban J connectivity index is 2.55. The molecule has 0 atom stereocenters. The Morgan fingerprint density at radius 3 is 2.72 bits per heavy atom. The van der Waals surface area contributed by atoms with Gasteiger partial charge in [-0.2, -0.15) is 4.73 Å².